The van der Waals surface area contributed by atoms with Crippen molar-refractivity contribution in [2.75, 3.05) is 12.3 Å². The van der Waals surface area contributed by atoms with E-state index in [-0.39, 0.29) is 22.9 Å². The maximum Gasteiger partial charge on any atom is 0.240 e. The molecule has 3 N–H and O–H groups in total. The number of hydrogen-bond acceptors (Lipinski definition) is 3. The SMILES string of the molecule is Nc1cc(S(=O)(=O)NCCc2cccc(F)c2)ccc1F. The first kappa shape index (κ1) is 15.4. The van der Waals surface area contributed by atoms with Crippen LogP contribution in [-0.4, -0.2) is 15.0 Å². The Labute approximate surface area is 121 Å². The Bertz CT molecular complexity index is 748. The van der Waals surface area contributed by atoms with Gasteiger partial charge >= 0.3 is 0 Å². The van der Waals surface area contributed by atoms with E-state index >= 15 is 0 Å². The number of nitrogens with two attached hydrogens (primary N) is 1. The minimum absolute atomic E-state index is 0.100. The summed E-state index contributed by atoms with van der Waals surface area (Å²) in [5, 5.41) is 0. The Balaban J connectivity index is 2.03. The van der Waals surface area contributed by atoms with Crippen molar-refractivity contribution in [2.45, 2.75) is 11.3 Å². The molecule has 2 aromatic rings. The van der Waals surface area contributed by atoms with Gasteiger partial charge in [0.1, 0.15) is 11.6 Å². The molecule has 0 amide bonds. The van der Waals surface area contributed by atoms with E-state index in [2.05, 4.69) is 4.72 Å². The van der Waals surface area contributed by atoms with Crippen molar-refractivity contribution >= 4 is 15.7 Å². The van der Waals surface area contributed by atoms with E-state index in [9.17, 15) is 17.2 Å². The Morgan fingerprint density at radius 3 is 2.52 bits per heavy atom. The summed E-state index contributed by atoms with van der Waals surface area (Å²) < 4.78 is 52.4. The smallest absolute Gasteiger partial charge is 0.240 e. The summed E-state index contributed by atoms with van der Waals surface area (Å²) in [5.74, 6) is -1.05. The molecule has 0 aliphatic carbocycles. The summed E-state index contributed by atoms with van der Waals surface area (Å²) in [6.45, 7) is 0.100. The fourth-order valence-corrected chi connectivity index (χ4v) is 2.86. The van der Waals surface area contributed by atoms with Crippen LogP contribution in [0.3, 0.4) is 0 Å². The van der Waals surface area contributed by atoms with Gasteiger partial charge in [0.15, 0.2) is 0 Å². The van der Waals surface area contributed by atoms with Crippen molar-refractivity contribution in [1.29, 1.82) is 0 Å². The average Bonchev–Trinajstić information content (AvgIpc) is 2.41. The minimum atomic E-state index is -3.77. The molecular formula is C14H14F2N2O2S. The summed E-state index contributed by atoms with van der Waals surface area (Å²) >= 11 is 0. The molecule has 0 heterocycles. The molecule has 4 nitrogen and oxygen atoms in total. The second kappa shape index (κ2) is 6.19. The molecule has 0 unspecified atom stereocenters. The third-order valence-corrected chi connectivity index (χ3v) is 4.33. The van der Waals surface area contributed by atoms with Crippen molar-refractivity contribution < 1.29 is 17.2 Å². The number of rotatable bonds is 5. The van der Waals surface area contributed by atoms with Gasteiger partial charge in [-0.05, 0) is 42.3 Å². The van der Waals surface area contributed by atoms with Gasteiger partial charge in [0.2, 0.25) is 10.0 Å². The number of nitrogen functional groups attached to an aromatic ring is 1. The van der Waals surface area contributed by atoms with E-state index in [0.717, 1.165) is 18.2 Å². The molecule has 0 aliphatic heterocycles. The van der Waals surface area contributed by atoms with Crippen LogP contribution in [0.2, 0.25) is 0 Å². The first-order chi connectivity index (χ1) is 9.88. The van der Waals surface area contributed by atoms with Gasteiger partial charge in [-0.3, -0.25) is 0 Å². The van der Waals surface area contributed by atoms with E-state index in [1.807, 2.05) is 0 Å². The van der Waals surface area contributed by atoms with Crippen LogP contribution in [0.5, 0.6) is 0 Å². The lowest BCUT2D eigenvalue weighted by molar-refractivity contribution is 0.580. The Morgan fingerprint density at radius 1 is 1.10 bits per heavy atom. The third kappa shape index (κ3) is 3.99. The van der Waals surface area contributed by atoms with Crippen molar-refractivity contribution in [3.63, 3.8) is 0 Å². The fourth-order valence-electron chi connectivity index (χ4n) is 1.79. The highest BCUT2D eigenvalue weighted by molar-refractivity contribution is 7.89. The Morgan fingerprint density at radius 2 is 1.86 bits per heavy atom. The second-order valence-electron chi connectivity index (χ2n) is 4.46. The molecular weight excluding hydrogens is 298 g/mol. The molecule has 112 valence electrons. The molecule has 2 aromatic carbocycles. The van der Waals surface area contributed by atoms with Crippen LogP contribution in [0, 0.1) is 11.6 Å². The summed E-state index contributed by atoms with van der Waals surface area (Å²) in [4.78, 5) is -0.111. The monoisotopic (exact) mass is 312 g/mol. The van der Waals surface area contributed by atoms with Crippen molar-refractivity contribution in [2.24, 2.45) is 0 Å². The fraction of sp³-hybridized carbons (Fsp3) is 0.143. The van der Waals surface area contributed by atoms with Gasteiger partial charge in [0.25, 0.3) is 0 Å². The topological polar surface area (TPSA) is 72.2 Å². The third-order valence-electron chi connectivity index (χ3n) is 2.87. The van der Waals surface area contributed by atoms with Gasteiger partial charge in [-0.2, -0.15) is 0 Å². The summed E-state index contributed by atoms with van der Waals surface area (Å²) in [6.07, 6.45) is 0.341. The largest absolute Gasteiger partial charge is 0.396 e. The van der Waals surface area contributed by atoms with E-state index in [4.69, 9.17) is 5.73 Å². The number of sulfonamides is 1. The maximum absolute atomic E-state index is 13.0. The van der Waals surface area contributed by atoms with Crippen LogP contribution in [0.15, 0.2) is 47.4 Å². The first-order valence-electron chi connectivity index (χ1n) is 6.17. The lowest BCUT2D eigenvalue weighted by Gasteiger charge is -2.08. The summed E-state index contributed by atoms with van der Waals surface area (Å²) in [7, 11) is -3.77. The molecule has 0 atom stereocenters. The number of hydrogen-bond donors (Lipinski definition) is 2. The zero-order chi connectivity index (χ0) is 15.5. The number of benzene rings is 2. The van der Waals surface area contributed by atoms with Crippen molar-refractivity contribution in [3.8, 4) is 0 Å². The molecule has 0 radical (unpaired) electrons. The van der Waals surface area contributed by atoms with Crippen LogP contribution >= 0.6 is 0 Å². The highest BCUT2D eigenvalue weighted by Gasteiger charge is 2.14. The molecule has 21 heavy (non-hydrogen) atoms. The second-order valence-corrected chi connectivity index (χ2v) is 6.23. The molecule has 0 spiro atoms. The number of halogens is 2. The van der Waals surface area contributed by atoms with Crippen LogP contribution in [0.1, 0.15) is 5.56 Å². The quantitative estimate of drug-likeness (QED) is 0.830. The van der Waals surface area contributed by atoms with E-state index < -0.39 is 15.8 Å². The Hall–Kier alpha value is -1.99. The van der Waals surface area contributed by atoms with Gasteiger partial charge in [-0.1, -0.05) is 12.1 Å². The van der Waals surface area contributed by atoms with Gasteiger partial charge in [0, 0.05) is 6.54 Å². The number of anilines is 1. The molecule has 0 aromatic heterocycles. The Kier molecular flexibility index (Phi) is 4.54. The first-order valence-corrected chi connectivity index (χ1v) is 7.66. The van der Waals surface area contributed by atoms with Crippen LogP contribution in [0.4, 0.5) is 14.5 Å². The van der Waals surface area contributed by atoms with Gasteiger partial charge in [0.05, 0.1) is 10.6 Å². The lowest BCUT2D eigenvalue weighted by atomic mass is 10.1. The zero-order valence-electron chi connectivity index (χ0n) is 11.0. The molecule has 2 rings (SSSR count). The molecule has 7 heteroatoms. The van der Waals surface area contributed by atoms with Gasteiger partial charge in [-0.25, -0.2) is 21.9 Å². The van der Waals surface area contributed by atoms with Gasteiger partial charge in [-0.15, -0.1) is 0 Å². The average molecular weight is 312 g/mol. The van der Waals surface area contributed by atoms with Gasteiger partial charge < -0.3 is 5.73 Å². The molecule has 0 fully saturated rings. The van der Waals surface area contributed by atoms with E-state index in [1.165, 1.54) is 12.1 Å². The van der Waals surface area contributed by atoms with Crippen molar-refractivity contribution in [1.82, 2.24) is 4.72 Å². The van der Waals surface area contributed by atoms with Crippen LogP contribution in [-0.2, 0) is 16.4 Å². The lowest BCUT2D eigenvalue weighted by Crippen LogP contribution is -2.26. The van der Waals surface area contributed by atoms with E-state index in [1.54, 1.807) is 12.1 Å². The molecule has 0 bridgehead atoms. The number of nitrogens with one attached hydrogen (secondary N) is 1. The maximum atomic E-state index is 13.0. The van der Waals surface area contributed by atoms with Crippen LogP contribution < -0.4 is 10.5 Å². The predicted molar refractivity (Wildman–Crippen MR) is 76.1 cm³/mol. The van der Waals surface area contributed by atoms with Crippen molar-refractivity contribution in [3.05, 3.63) is 59.7 Å². The van der Waals surface area contributed by atoms with Crippen LogP contribution in [0.25, 0.3) is 0 Å². The molecule has 0 saturated carbocycles. The molecule has 0 saturated heterocycles. The highest BCUT2D eigenvalue weighted by Crippen LogP contribution is 2.16. The standard InChI is InChI=1S/C14H14F2N2O2S/c15-11-3-1-2-10(8-11)6-7-18-21(19,20)12-4-5-13(16)14(17)9-12/h1-5,8-9,18H,6-7,17H2. The minimum Gasteiger partial charge on any atom is -0.396 e. The predicted octanol–water partition coefficient (Wildman–Crippen LogP) is 2.07. The molecule has 0 aliphatic rings. The van der Waals surface area contributed by atoms with E-state index in [0.29, 0.717) is 12.0 Å². The summed E-state index contributed by atoms with van der Waals surface area (Å²) in [6, 6.07) is 9.10. The zero-order valence-corrected chi connectivity index (χ0v) is 11.8. The highest BCUT2D eigenvalue weighted by atomic mass is 32.2. The normalized spacial score (nSPS) is 11.5. The summed E-state index contributed by atoms with van der Waals surface area (Å²) in [5.41, 5.74) is 5.79.